The minimum atomic E-state index is -0.0814. The Balaban J connectivity index is 1.52. The Morgan fingerprint density at radius 3 is 2.52 bits per heavy atom. The van der Waals surface area contributed by atoms with Crippen molar-refractivity contribution < 1.29 is 14.3 Å². The zero-order chi connectivity index (χ0) is 20.5. The van der Waals surface area contributed by atoms with Gasteiger partial charge in [-0.3, -0.25) is 9.59 Å². The van der Waals surface area contributed by atoms with Gasteiger partial charge < -0.3 is 14.5 Å². The van der Waals surface area contributed by atoms with Crippen molar-refractivity contribution in [2.24, 2.45) is 5.92 Å². The summed E-state index contributed by atoms with van der Waals surface area (Å²) in [5.74, 6) is 1.36. The van der Waals surface area contributed by atoms with Gasteiger partial charge in [0.15, 0.2) is 0 Å². The maximum absolute atomic E-state index is 13.2. The first-order valence-electron chi connectivity index (χ1n) is 9.96. The molecule has 1 unspecified atom stereocenters. The molecule has 152 valence electrons. The van der Waals surface area contributed by atoms with Gasteiger partial charge in [0.2, 0.25) is 5.91 Å². The van der Waals surface area contributed by atoms with E-state index in [1.165, 1.54) is 12.8 Å². The molecule has 1 heterocycles. The zero-order valence-electron chi connectivity index (χ0n) is 16.7. The summed E-state index contributed by atoms with van der Waals surface area (Å²) in [5, 5.41) is 0.609. The highest BCUT2D eigenvalue weighted by Crippen LogP contribution is 2.40. The van der Waals surface area contributed by atoms with Crippen LogP contribution in [-0.4, -0.2) is 44.0 Å². The number of carbonyl (C=O) groups excluding carboxylic acids is 2. The number of nitrogens with zero attached hydrogens (tertiary/aromatic N) is 2. The Bertz CT molecular complexity index is 922. The van der Waals surface area contributed by atoms with Gasteiger partial charge in [0, 0.05) is 49.3 Å². The lowest BCUT2D eigenvalue weighted by molar-refractivity contribution is -0.129. The summed E-state index contributed by atoms with van der Waals surface area (Å²) in [5.41, 5.74) is 2.37. The second-order valence-electron chi connectivity index (χ2n) is 8.09. The first kappa shape index (κ1) is 19.8. The van der Waals surface area contributed by atoms with Crippen LogP contribution in [0.5, 0.6) is 5.75 Å². The molecular weight excluding hydrogens is 388 g/mol. The van der Waals surface area contributed by atoms with Crippen LogP contribution in [0.1, 0.15) is 41.1 Å². The summed E-state index contributed by atoms with van der Waals surface area (Å²) in [6.07, 6.45) is 2.83. The zero-order valence-corrected chi connectivity index (χ0v) is 17.5. The van der Waals surface area contributed by atoms with Gasteiger partial charge in [-0.1, -0.05) is 11.6 Å². The van der Waals surface area contributed by atoms with E-state index in [0.717, 1.165) is 23.6 Å². The molecule has 1 saturated carbocycles. The van der Waals surface area contributed by atoms with Crippen molar-refractivity contribution in [3.63, 3.8) is 0 Å². The van der Waals surface area contributed by atoms with Gasteiger partial charge in [-0.05, 0) is 66.8 Å². The largest absolute Gasteiger partial charge is 0.493 e. The summed E-state index contributed by atoms with van der Waals surface area (Å²) in [6, 6.07) is 12.8. The van der Waals surface area contributed by atoms with Crippen molar-refractivity contribution in [3.8, 4) is 5.75 Å². The first-order valence-corrected chi connectivity index (χ1v) is 10.3. The van der Waals surface area contributed by atoms with Crippen LogP contribution in [0.4, 0.5) is 5.69 Å². The topological polar surface area (TPSA) is 49.9 Å². The molecule has 0 bridgehead atoms. The lowest BCUT2D eigenvalue weighted by Gasteiger charge is -2.19. The highest BCUT2D eigenvalue weighted by atomic mass is 35.5. The van der Waals surface area contributed by atoms with E-state index < -0.39 is 0 Å². The predicted molar refractivity (Wildman–Crippen MR) is 114 cm³/mol. The number of fused-ring (bicyclic) bond motifs is 1. The summed E-state index contributed by atoms with van der Waals surface area (Å²) in [6.45, 7) is 1.21. The number of rotatable bonds is 6. The third kappa shape index (κ3) is 4.40. The van der Waals surface area contributed by atoms with Crippen LogP contribution in [0.2, 0.25) is 5.02 Å². The Morgan fingerprint density at radius 2 is 1.86 bits per heavy atom. The highest BCUT2D eigenvalue weighted by Gasteiger charge is 2.34. The van der Waals surface area contributed by atoms with Crippen molar-refractivity contribution in [2.75, 3.05) is 32.1 Å². The number of hydrogen-bond donors (Lipinski definition) is 0. The first-order chi connectivity index (χ1) is 13.9. The van der Waals surface area contributed by atoms with Crippen molar-refractivity contribution in [2.45, 2.75) is 25.2 Å². The molecule has 1 fully saturated rings. The van der Waals surface area contributed by atoms with Gasteiger partial charge in [-0.2, -0.15) is 0 Å². The number of halogens is 1. The third-order valence-corrected chi connectivity index (χ3v) is 5.81. The van der Waals surface area contributed by atoms with E-state index in [1.54, 1.807) is 42.1 Å². The van der Waals surface area contributed by atoms with E-state index in [0.29, 0.717) is 29.5 Å². The SMILES string of the molecule is CN(C)C(=O)CC1CN(C(=O)c2ccc(OCC3CC3)cc2)c2ccc(Cl)cc21. The monoisotopic (exact) mass is 412 g/mol. The van der Waals surface area contributed by atoms with Crippen molar-refractivity contribution >= 4 is 29.1 Å². The second-order valence-corrected chi connectivity index (χ2v) is 8.52. The molecule has 1 aliphatic carbocycles. The number of amides is 2. The molecule has 4 rings (SSSR count). The molecule has 1 atom stereocenters. The molecule has 2 aromatic rings. The lowest BCUT2D eigenvalue weighted by atomic mass is 9.97. The average Bonchev–Trinajstić information content (AvgIpc) is 3.48. The van der Waals surface area contributed by atoms with Gasteiger partial charge in [0.25, 0.3) is 5.91 Å². The molecule has 0 radical (unpaired) electrons. The Morgan fingerprint density at radius 1 is 1.14 bits per heavy atom. The van der Waals surface area contributed by atoms with E-state index in [1.807, 2.05) is 24.3 Å². The Labute approximate surface area is 176 Å². The fourth-order valence-corrected chi connectivity index (χ4v) is 3.80. The number of anilines is 1. The van der Waals surface area contributed by atoms with Gasteiger partial charge in [0.05, 0.1) is 6.61 Å². The summed E-state index contributed by atoms with van der Waals surface area (Å²) in [7, 11) is 3.48. The standard InChI is InChI=1S/C23H25ClN2O3/c1-25(2)22(27)11-17-13-26(21-10-7-18(24)12-20(17)21)23(28)16-5-8-19(9-6-16)29-14-15-3-4-15/h5-10,12,15,17H,3-4,11,13-14H2,1-2H3. The maximum Gasteiger partial charge on any atom is 0.258 e. The van der Waals surface area contributed by atoms with Crippen molar-refractivity contribution in [1.82, 2.24) is 4.90 Å². The molecule has 5 nitrogen and oxygen atoms in total. The van der Waals surface area contributed by atoms with Crippen LogP contribution in [0.15, 0.2) is 42.5 Å². The average molecular weight is 413 g/mol. The molecule has 29 heavy (non-hydrogen) atoms. The summed E-state index contributed by atoms with van der Waals surface area (Å²) < 4.78 is 5.76. The molecule has 0 saturated heterocycles. The van der Waals surface area contributed by atoms with E-state index in [-0.39, 0.29) is 17.7 Å². The van der Waals surface area contributed by atoms with Crippen LogP contribution < -0.4 is 9.64 Å². The molecule has 2 aromatic carbocycles. The van der Waals surface area contributed by atoms with Crippen molar-refractivity contribution in [3.05, 3.63) is 58.6 Å². The van der Waals surface area contributed by atoms with Crippen LogP contribution in [0, 0.1) is 5.92 Å². The maximum atomic E-state index is 13.2. The third-order valence-electron chi connectivity index (χ3n) is 5.57. The van der Waals surface area contributed by atoms with Crippen LogP contribution in [-0.2, 0) is 4.79 Å². The van der Waals surface area contributed by atoms with Crippen LogP contribution >= 0.6 is 11.6 Å². The van der Waals surface area contributed by atoms with Gasteiger partial charge >= 0.3 is 0 Å². The van der Waals surface area contributed by atoms with Crippen LogP contribution in [0.25, 0.3) is 0 Å². The normalized spacial score (nSPS) is 17.8. The molecule has 6 heteroatoms. The molecule has 0 spiro atoms. The second kappa shape index (κ2) is 8.07. The highest BCUT2D eigenvalue weighted by molar-refractivity contribution is 6.30. The number of hydrogen-bond acceptors (Lipinski definition) is 3. The minimum absolute atomic E-state index is 0.0346. The fraction of sp³-hybridized carbons (Fsp3) is 0.391. The molecule has 0 aromatic heterocycles. The van der Waals surface area contributed by atoms with E-state index in [2.05, 4.69) is 0 Å². The summed E-state index contributed by atoms with van der Waals surface area (Å²) in [4.78, 5) is 28.8. The Hall–Kier alpha value is -2.53. The van der Waals surface area contributed by atoms with Crippen molar-refractivity contribution in [1.29, 1.82) is 0 Å². The lowest BCUT2D eigenvalue weighted by Crippen LogP contribution is -2.31. The molecule has 2 amide bonds. The molecular formula is C23H25ClN2O3. The fourth-order valence-electron chi connectivity index (χ4n) is 3.62. The quantitative estimate of drug-likeness (QED) is 0.708. The molecule has 2 aliphatic rings. The van der Waals surface area contributed by atoms with E-state index in [4.69, 9.17) is 16.3 Å². The summed E-state index contributed by atoms with van der Waals surface area (Å²) >= 11 is 6.19. The number of benzene rings is 2. The minimum Gasteiger partial charge on any atom is -0.493 e. The number of carbonyl (C=O) groups is 2. The smallest absolute Gasteiger partial charge is 0.258 e. The number of ether oxygens (including phenoxy) is 1. The predicted octanol–water partition coefficient (Wildman–Crippen LogP) is 4.35. The van der Waals surface area contributed by atoms with Gasteiger partial charge in [-0.25, -0.2) is 0 Å². The van der Waals surface area contributed by atoms with Crippen LogP contribution in [0.3, 0.4) is 0 Å². The van der Waals surface area contributed by atoms with Gasteiger partial charge in [0.1, 0.15) is 5.75 Å². The van der Waals surface area contributed by atoms with E-state index >= 15 is 0 Å². The molecule has 0 N–H and O–H groups in total. The van der Waals surface area contributed by atoms with Gasteiger partial charge in [-0.15, -0.1) is 0 Å². The van der Waals surface area contributed by atoms with E-state index in [9.17, 15) is 9.59 Å². The molecule has 1 aliphatic heterocycles. The Kier molecular flexibility index (Phi) is 5.50.